The molecule has 8 nitrogen and oxygen atoms in total. The molecule has 0 saturated carbocycles. The smallest absolute Gasteiger partial charge is 0.332 e. The number of esters is 1. The van der Waals surface area contributed by atoms with E-state index in [1.807, 2.05) is 23.8 Å². The minimum Gasteiger partial charge on any atom is -0.464 e. The van der Waals surface area contributed by atoms with Gasteiger partial charge in [0, 0.05) is 27.4 Å². The minimum absolute atomic E-state index is 0.214. The van der Waals surface area contributed by atoms with Crippen LogP contribution in [0.2, 0.25) is 25.7 Å². The maximum atomic E-state index is 13.0. The first kappa shape index (κ1) is 22.7. The quantitative estimate of drug-likeness (QED) is 0.349. The molecule has 2 aromatic heterocycles. The summed E-state index contributed by atoms with van der Waals surface area (Å²) in [7, 11) is -1.12. The van der Waals surface area contributed by atoms with Gasteiger partial charge in [-0.1, -0.05) is 19.6 Å². The third-order valence-corrected chi connectivity index (χ3v) is 7.42. The number of nitrogens with zero attached hydrogens (tertiary/aromatic N) is 4. The number of ether oxygens (including phenoxy) is 2. The van der Waals surface area contributed by atoms with Gasteiger partial charge in [-0.2, -0.15) is 0 Å². The van der Waals surface area contributed by atoms with Crippen molar-refractivity contribution in [3.05, 3.63) is 18.6 Å². The first-order valence-electron chi connectivity index (χ1n) is 10.8. The number of hydrogen-bond donors (Lipinski definition) is 1. The molecule has 1 saturated heterocycles. The van der Waals surface area contributed by atoms with E-state index in [9.17, 15) is 4.79 Å². The van der Waals surface area contributed by atoms with Crippen molar-refractivity contribution in [2.75, 3.05) is 31.2 Å². The lowest BCUT2D eigenvalue weighted by atomic mass is 9.91. The van der Waals surface area contributed by atoms with E-state index in [-0.39, 0.29) is 5.97 Å². The van der Waals surface area contributed by atoms with Gasteiger partial charge in [0.2, 0.25) is 0 Å². The lowest BCUT2D eigenvalue weighted by Gasteiger charge is -2.37. The van der Waals surface area contributed by atoms with Crippen LogP contribution in [-0.4, -0.2) is 60.4 Å². The molecule has 2 N–H and O–H groups in total. The topological polar surface area (TPSA) is 95.5 Å². The van der Waals surface area contributed by atoms with Crippen LogP contribution in [-0.2, 0) is 21.0 Å². The molecular weight excluding hydrogens is 398 g/mol. The molecule has 3 heterocycles. The number of carbonyl (C=O) groups is 1. The van der Waals surface area contributed by atoms with Gasteiger partial charge in [-0.25, -0.2) is 14.8 Å². The molecule has 0 radical (unpaired) electrons. The first-order chi connectivity index (χ1) is 14.3. The highest BCUT2D eigenvalue weighted by molar-refractivity contribution is 6.76. The molecule has 9 heteroatoms. The van der Waals surface area contributed by atoms with Crippen LogP contribution in [0.25, 0.3) is 11.0 Å². The molecule has 3 rings (SSSR count). The van der Waals surface area contributed by atoms with Crippen LogP contribution >= 0.6 is 0 Å². The van der Waals surface area contributed by atoms with E-state index in [2.05, 4.69) is 34.5 Å². The molecule has 1 aliphatic rings. The second-order valence-electron chi connectivity index (χ2n) is 9.11. The predicted molar refractivity (Wildman–Crippen MR) is 121 cm³/mol. The van der Waals surface area contributed by atoms with Crippen molar-refractivity contribution in [3.8, 4) is 0 Å². The van der Waals surface area contributed by atoms with Crippen molar-refractivity contribution in [1.82, 2.24) is 14.5 Å². The van der Waals surface area contributed by atoms with Gasteiger partial charge < -0.3 is 24.7 Å². The van der Waals surface area contributed by atoms with E-state index in [0.717, 1.165) is 48.9 Å². The van der Waals surface area contributed by atoms with E-state index in [1.54, 1.807) is 6.33 Å². The Kier molecular flexibility index (Phi) is 7.15. The van der Waals surface area contributed by atoms with E-state index in [4.69, 9.17) is 15.2 Å². The summed E-state index contributed by atoms with van der Waals surface area (Å²) >= 11 is 0. The van der Waals surface area contributed by atoms with Crippen molar-refractivity contribution in [2.24, 2.45) is 5.73 Å². The second-order valence-corrected chi connectivity index (χ2v) is 14.7. The fourth-order valence-electron chi connectivity index (χ4n) is 4.12. The molecule has 0 spiro atoms. The van der Waals surface area contributed by atoms with Crippen LogP contribution in [0.1, 0.15) is 26.2 Å². The van der Waals surface area contributed by atoms with Gasteiger partial charge in [0.15, 0.2) is 0 Å². The normalized spacial score (nSPS) is 19.6. The average molecular weight is 434 g/mol. The number of anilines is 1. The van der Waals surface area contributed by atoms with Gasteiger partial charge in [0.1, 0.15) is 30.1 Å². The van der Waals surface area contributed by atoms with Crippen LogP contribution in [0, 0.1) is 0 Å². The average Bonchev–Trinajstić information content (AvgIpc) is 3.30. The highest BCUT2D eigenvalue weighted by Crippen LogP contribution is 2.39. The van der Waals surface area contributed by atoms with Crippen LogP contribution in [0.5, 0.6) is 0 Å². The largest absolute Gasteiger partial charge is 0.464 e. The van der Waals surface area contributed by atoms with Gasteiger partial charge in [-0.15, -0.1) is 0 Å². The van der Waals surface area contributed by atoms with Crippen LogP contribution < -0.4 is 10.6 Å². The zero-order chi connectivity index (χ0) is 21.8. The van der Waals surface area contributed by atoms with Crippen molar-refractivity contribution in [3.63, 3.8) is 0 Å². The number of aromatic nitrogens is 3. The summed E-state index contributed by atoms with van der Waals surface area (Å²) in [5.41, 5.74) is 5.95. The van der Waals surface area contributed by atoms with Gasteiger partial charge >= 0.3 is 5.97 Å². The van der Waals surface area contributed by atoms with Crippen molar-refractivity contribution < 1.29 is 14.3 Å². The predicted octanol–water partition coefficient (Wildman–Crippen LogP) is 2.99. The molecule has 1 unspecified atom stereocenters. The molecule has 30 heavy (non-hydrogen) atoms. The van der Waals surface area contributed by atoms with Crippen molar-refractivity contribution in [1.29, 1.82) is 0 Å². The SMILES string of the molecule is CCOC(=O)C1(CCN)CCCN1c1ncnc2c1ccn2COCC[Si](C)(C)C. The Bertz CT molecular complexity index is 866. The summed E-state index contributed by atoms with van der Waals surface area (Å²) in [5, 5.41) is 0.916. The van der Waals surface area contributed by atoms with Crippen molar-refractivity contribution in [2.45, 2.75) is 64.1 Å². The Morgan fingerprint density at radius 1 is 1.33 bits per heavy atom. The third-order valence-electron chi connectivity index (χ3n) is 5.72. The van der Waals surface area contributed by atoms with Gasteiger partial charge in [-0.05, 0) is 44.8 Å². The monoisotopic (exact) mass is 433 g/mol. The Hall–Kier alpha value is -1.97. The molecule has 0 amide bonds. The molecule has 1 aliphatic heterocycles. The Labute approximate surface area is 179 Å². The molecule has 1 fully saturated rings. The Balaban J connectivity index is 1.87. The van der Waals surface area contributed by atoms with Crippen LogP contribution in [0.3, 0.4) is 0 Å². The summed E-state index contributed by atoms with van der Waals surface area (Å²) in [4.78, 5) is 24.1. The standard InChI is InChI=1S/C21H35N5O3Si/c1-5-29-20(27)21(9-10-22)8-6-11-26(21)19-17-7-12-25(18(17)23-15-24-19)16-28-13-14-30(2,3)4/h7,12,15H,5-6,8-11,13-14,16,22H2,1-4H3. The summed E-state index contributed by atoms with van der Waals surface area (Å²) < 4.78 is 13.3. The van der Waals surface area contributed by atoms with Crippen LogP contribution in [0.4, 0.5) is 5.82 Å². The second kappa shape index (κ2) is 9.45. The lowest BCUT2D eigenvalue weighted by molar-refractivity contribution is -0.149. The highest BCUT2D eigenvalue weighted by atomic mass is 28.3. The van der Waals surface area contributed by atoms with Crippen molar-refractivity contribution >= 4 is 30.9 Å². The maximum Gasteiger partial charge on any atom is 0.332 e. The molecule has 166 valence electrons. The molecule has 0 aromatic carbocycles. The summed E-state index contributed by atoms with van der Waals surface area (Å²) in [5.74, 6) is 0.550. The Morgan fingerprint density at radius 2 is 2.13 bits per heavy atom. The molecule has 2 aromatic rings. The summed E-state index contributed by atoms with van der Waals surface area (Å²) in [6, 6.07) is 3.13. The van der Waals surface area contributed by atoms with Gasteiger partial charge in [0.05, 0.1) is 12.0 Å². The molecule has 0 aliphatic carbocycles. The Morgan fingerprint density at radius 3 is 2.83 bits per heavy atom. The fraction of sp³-hybridized carbons (Fsp3) is 0.667. The maximum absolute atomic E-state index is 13.0. The number of fused-ring (bicyclic) bond motifs is 1. The molecule has 1 atom stereocenters. The van der Waals surface area contributed by atoms with E-state index >= 15 is 0 Å². The van der Waals surface area contributed by atoms with Crippen LogP contribution in [0.15, 0.2) is 18.6 Å². The number of rotatable bonds is 10. The van der Waals surface area contributed by atoms with Gasteiger partial charge in [0.25, 0.3) is 0 Å². The molecule has 0 bridgehead atoms. The number of hydrogen-bond acceptors (Lipinski definition) is 7. The molecular formula is C21H35N5O3Si. The van der Waals surface area contributed by atoms with Gasteiger partial charge in [-0.3, -0.25) is 0 Å². The number of carbonyl (C=O) groups excluding carboxylic acids is 1. The minimum atomic E-state index is -1.12. The third kappa shape index (κ3) is 4.68. The summed E-state index contributed by atoms with van der Waals surface area (Å²) in [6.07, 6.45) is 5.69. The zero-order valence-corrected chi connectivity index (χ0v) is 19.7. The van der Waals surface area contributed by atoms with E-state index < -0.39 is 13.6 Å². The summed E-state index contributed by atoms with van der Waals surface area (Å²) in [6.45, 7) is 11.6. The van der Waals surface area contributed by atoms with E-state index in [0.29, 0.717) is 26.3 Å². The zero-order valence-electron chi connectivity index (χ0n) is 18.7. The fourth-order valence-corrected chi connectivity index (χ4v) is 4.87. The number of nitrogens with two attached hydrogens (primary N) is 1. The van der Waals surface area contributed by atoms with E-state index in [1.165, 1.54) is 0 Å². The first-order valence-corrected chi connectivity index (χ1v) is 14.6. The lowest BCUT2D eigenvalue weighted by Crippen LogP contribution is -2.53. The highest BCUT2D eigenvalue weighted by Gasteiger charge is 2.49.